The zero-order valence-electron chi connectivity index (χ0n) is 30.2. The average Bonchev–Trinajstić information content (AvgIpc) is 3.44. The molecule has 0 radical (unpaired) electrons. The summed E-state index contributed by atoms with van der Waals surface area (Å²) in [5.74, 6) is -1.09. The number of hydrogen-bond acceptors (Lipinski definition) is 5. The van der Waals surface area contributed by atoms with E-state index in [4.69, 9.17) is 5.11 Å². The summed E-state index contributed by atoms with van der Waals surface area (Å²) in [6.45, 7) is 10.7. The van der Waals surface area contributed by atoms with Gasteiger partial charge < -0.3 is 14.6 Å². The summed E-state index contributed by atoms with van der Waals surface area (Å²) in [6.07, 6.45) is 14.5. The van der Waals surface area contributed by atoms with Crippen LogP contribution in [0.25, 0.3) is 21.5 Å². The fourth-order valence-corrected chi connectivity index (χ4v) is 9.18. The van der Waals surface area contributed by atoms with Gasteiger partial charge in [-0.05, 0) is 97.3 Å². The second-order valence-electron chi connectivity index (χ2n) is 15.1. The van der Waals surface area contributed by atoms with E-state index in [1.54, 1.807) is 0 Å². The Kier molecular flexibility index (Phi) is 10.6. The van der Waals surface area contributed by atoms with Crippen LogP contribution in [0.5, 0.6) is 0 Å². The fourth-order valence-electron chi connectivity index (χ4n) is 8.62. The predicted molar refractivity (Wildman–Crippen MR) is 207 cm³/mol. The average molecular weight is 707 g/mol. The summed E-state index contributed by atoms with van der Waals surface area (Å²) in [7, 11) is -4.25. The lowest BCUT2D eigenvalue weighted by atomic mass is 9.78. The molecule has 2 heterocycles. The number of aliphatic carboxylic acids is 1. The highest BCUT2D eigenvalue weighted by Gasteiger charge is 2.48. The maximum absolute atomic E-state index is 11.3. The Morgan fingerprint density at radius 2 is 1.49 bits per heavy atom. The first kappa shape index (κ1) is 36.5. The zero-order chi connectivity index (χ0) is 36.4. The van der Waals surface area contributed by atoms with Crippen LogP contribution >= 0.6 is 0 Å². The molecule has 0 aromatic heterocycles. The molecule has 0 spiro atoms. The highest BCUT2D eigenvalue weighted by molar-refractivity contribution is 7.85. The standard InChI is InChI=1S/C43H50N2O5S/c1-42(2)37(44(28-14-6-9-23-39(46)47)35-26-24-31-17-10-12-19-33(31)40(35)42)21-7-5-8-22-38-43(3,4)41-34-20-13-11-18-32(34)25-27-36(41)45(38)29-15-16-30-51(48,49)50/h5,7-8,10-13,17-22,24-27,37H,6,9,14-16,23,28-30H2,1-4H3,(H,46,47)(H,48,49,50)/b8-5+,21-7+,38-22-. The molecule has 0 saturated carbocycles. The van der Waals surface area contributed by atoms with E-state index in [1.165, 1.54) is 43.3 Å². The molecule has 2 N–H and O–H groups in total. The van der Waals surface area contributed by atoms with Crippen molar-refractivity contribution in [1.29, 1.82) is 0 Å². The maximum atomic E-state index is 11.3. The second kappa shape index (κ2) is 14.8. The van der Waals surface area contributed by atoms with Crippen molar-refractivity contribution in [2.75, 3.05) is 23.7 Å². The van der Waals surface area contributed by atoms with Crippen LogP contribution in [0, 0.1) is 0 Å². The molecule has 0 saturated heterocycles. The molecule has 0 aliphatic carbocycles. The van der Waals surface area contributed by atoms with Crippen LogP contribution in [-0.4, -0.2) is 48.9 Å². The van der Waals surface area contributed by atoms with Crippen LogP contribution in [0.4, 0.5) is 11.4 Å². The second-order valence-corrected chi connectivity index (χ2v) is 16.7. The van der Waals surface area contributed by atoms with Crippen molar-refractivity contribution >= 4 is 49.0 Å². The van der Waals surface area contributed by atoms with E-state index < -0.39 is 16.1 Å². The van der Waals surface area contributed by atoms with Crippen molar-refractivity contribution < 1.29 is 27.8 Å². The van der Waals surface area contributed by atoms with Crippen molar-refractivity contribution in [1.82, 2.24) is 0 Å². The van der Waals surface area contributed by atoms with Crippen LogP contribution in [0.15, 0.2) is 109 Å². The summed E-state index contributed by atoms with van der Waals surface area (Å²) in [5.41, 5.74) is 5.81. The molecule has 7 nitrogen and oxygen atoms in total. The summed E-state index contributed by atoms with van der Waals surface area (Å²) in [4.78, 5) is 14.8. The molecule has 6 rings (SSSR count). The van der Waals surface area contributed by atoms with E-state index in [1.807, 2.05) is 0 Å². The molecule has 51 heavy (non-hydrogen) atoms. The maximum Gasteiger partial charge on any atom is 0.303 e. The number of rotatable bonds is 14. The zero-order valence-corrected chi connectivity index (χ0v) is 31.0. The number of carbonyl (C=O) groups is 1. The van der Waals surface area contributed by atoms with Gasteiger partial charge in [0, 0.05) is 47.1 Å². The number of carboxylic acid groups (broad SMARTS) is 1. The molecule has 8 heteroatoms. The minimum Gasteiger partial charge on any atom is -0.748 e. The number of nitrogens with one attached hydrogen (secondary N) is 1. The normalized spacial score (nSPS) is 20.3. The van der Waals surface area contributed by atoms with Crippen LogP contribution in [0.3, 0.4) is 0 Å². The summed E-state index contributed by atoms with van der Waals surface area (Å²) in [5, 5.41) is 14.1. The number of unbranched alkanes of at least 4 members (excludes halogenated alkanes) is 3. The van der Waals surface area contributed by atoms with Gasteiger partial charge in [0.05, 0.1) is 22.1 Å². The summed E-state index contributed by atoms with van der Waals surface area (Å²) < 4.78 is 33.9. The molecule has 2 aliphatic rings. The van der Waals surface area contributed by atoms with Crippen LogP contribution in [0.1, 0.15) is 77.3 Å². The molecular weight excluding hydrogens is 657 g/mol. The lowest BCUT2D eigenvalue weighted by molar-refractivity contribution is -0.850. The van der Waals surface area contributed by atoms with Crippen molar-refractivity contribution in [2.24, 2.45) is 0 Å². The van der Waals surface area contributed by atoms with Gasteiger partial charge in [-0.15, -0.1) is 0 Å². The monoisotopic (exact) mass is 706 g/mol. The highest BCUT2D eigenvalue weighted by atomic mass is 32.2. The molecule has 0 bridgehead atoms. The van der Waals surface area contributed by atoms with Gasteiger partial charge in [0.25, 0.3) is 0 Å². The molecule has 2 unspecified atom stereocenters. The van der Waals surface area contributed by atoms with Crippen molar-refractivity contribution in [3.05, 3.63) is 120 Å². The Balaban J connectivity index is 1.28. The molecular formula is C43H50N2O5S. The van der Waals surface area contributed by atoms with Crippen molar-refractivity contribution in [3.8, 4) is 0 Å². The van der Waals surface area contributed by atoms with Crippen LogP contribution in [-0.2, 0) is 25.7 Å². The van der Waals surface area contributed by atoms with Gasteiger partial charge in [0.1, 0.15) is 11.7 Å². The van der Waals surface area contributed by atoms with Gasteiger partial charge >= 0.3 is 5.97 Å². The Morgan fingerprint density at radius 1 is 0.824 bits per heavy atom. The van der Waals surface area contributed by atoms with Gasteiger partial charge in [-0.3, -0.25) is 9.69 Å². The Morgan fingerprint density at radius 3 is 2.18 bits per heavy atom. The van der Waals surface area contributed by atoms with Gasteiger partial charge in [-0.25, -0.2) is 8.42 Å². The Labute approximate surface area is 302 Å². The first-order valence-electron chi connectivity index (χ1n) is 18.2. The molecule has 4 aromatic rings. The third-order valence-electron chi connectivity index (χ3n) is 11.0. The van der Waals surface area contributed by atoms with E-state index in [9.17, 15) is 17.8 Å². The number of benzene rings is 4. The highest BCUT2D eigenvalue weighted by Crippen LogP contribution is 2.51. The topological polar surface area (TPSA) is 102 Å². The summed E-state index contributed by atoms with van der Waals surface area (Å²) >= 11 is 0. The number of quaternary nitrogens is 1. The molecule has 4 aromatic carbocycles. The number of fused-ring (bicyclic) bond motifs is 6. The Bertz CT molecular complexity index is 2130. The first-order valence-corrected chi connectivity index (χ1v) is 19.8. The largest absolute Gasteiger partial charge is 0.748 e. The minimum absolute atomic E-state index is 0.125. The molecule has 0 amide bonds. The molecule has 2 aliphatic heterocycles. The number of hydrogen-bond donors (Lipinski definition) is 2. The lowest BCUT2D eigenvalue weighted by Gasteiger charge is -2.28. The van der Waals surface area contributed by atoms with E-state index in [2.05, 4.69) is 136 Å². The Hall–Kier alpha value is -4.24. The molecule has 0 fully saturated rings. The lowest BCUT2D eigenvalue weighted by Crippen LogP contribution is -3.10. The van der Waals surface area contributed by atoms with E-state index in [0.29, 0.717) is 25.8 Å². The fraction of sp³-hybridized carbons (Fsp3) is 0.372. The molecule has 2 atom stereocenters. The van der Waals surface area contributed by atoms with Crippen LogP contribution < -0.4 is 9.80 Å². The predicted octanol–water partition coefficient (Wildman–Crippen LogP) is 7.93. The smallest absolute Gasteiger partial charge is 0.303 e. The van der Waals surface area contributed by atoms with E-state index >= 15 is 0 Å². The third kappa shape index (κ3) is 7.55. The third-order valence-corrected chi connectivity index (χ3v) is 11.8. The molecule has 268 valence electrons. The quantitative estimate of drug-likeness (QED) is 0.0785. The number of anilines is 1. The minimum atomic E-state index is -4.25. The van der Waals surface area contributed by atoms with Crippen LogP contribution in [0.2, 0.25) is 0 Å². The van der Waals surface area contributed by atoms with Gasteiger partial charge in [0.2, 0.25) is 0 Å². The van der Waals surface area contributed by atoms with E-state index in [0.717, 1.165) is 30.8 Å². The van der Waals surface area contributed by atoms with Gasteiger partial charge in [0.15, 0.2) is 0 Å². The number of allylic oxidation sites excluding steroid dienone is 5. The number of nitrogens with zero attached hydrogens (tertiary/aromatic N) is 1. The van der Waals surface area contributed by atoms with E-state index in [-0.39, 0.29) is 29.0 Å². The van der Waals surface area contributed by atoms with Crippen molar-refractivity contribution in [2.45, 2.75) is 83.1 Å². The van der Waals surface area contributed by atoms with Gasteiger partial charge in [-0.1, -0.05) is 86.7 Å². The summed E-state index contributed by atoms with van der Waals surface area (Å²) in [6, 6.07) is 26.1. The SMILES string of the molecule is CC1(C)/C(=C/C=C/C=C/C2[NH+](CCCCCC(=O)O)c3ccc4ccccc4c3C2(C)C)N(CCCCS(=O)(=O)[O-])c2ccc3ccccc3c21. The number of carboxylic acids is 1. The first-order chi connectivity index (χ1) is 24.3. The van der Waals surface area contributed by atoms with Crippen molar-refractivity contribution in [3.63, 3.8) is 0 Å². The van der Waals surface area contributed by atoms with Gasteiger partial charge in [-0.2, -0.15) is 0 Å².